The Kier molecular flexibility index (Phi) is 4.78. The Hall–Kier alpha value is -1.69. The van der Waals surface area contributed by atoms with Crippen molar-refractivity contribution >= 4 is 52.2 Å². The molecule has 1 atom stereocenters. The van der Waals surface area contributed by atoms with Gasteiger partial charge in [-0.15, -0.1) is 0 Å². The van der Waals surface area contributed by atoms with Gasteiger partial charge in [0.15, 0.2) is 0 Å². The maximum atomic E-state index is 13.3. The Bertz CT molecular complexity index is 868. The third-order valence-electron chi connectivity index (χ3n) is 3.53. The lowest BCUT2D eigenvalue weighted by Crippen LogP contribution is -2.47. The molecule has 1 aromatic rings. The van der Waals surface area contributed by atoms with E-state index in [1.807, 2.05) is 0 Å². The van der Waals surface area contributed by atoms with E-state index in [4.69, 9.17) is 40.2 Å². The summed E-state index contributed by atoms with van der Waals surface area (Å²) in [4.78, 5) is 3.20. The molecule has 3 N–H and O–H groups in total. The van der Waals surface area contributed by atoms with Crippen LogP contribution >= 0.6 is 34.8 Å². The zero-order valence-corrected chi connectivity index (χ0v) is 14.8. The van der Waals surface area contributed by atoms with E-state index in [9.17, 15) is 26.3 Å². The zero-order valence-electron chi connectivity index (χ0n) is 12.5. The van der Waals surface area contributed by atoms with Gasteiger partial charge < -0.3 is 5.32 Å². The van der Waals surface area contributed by atoms with Gasteiger partial charge in [-0.2, -0.15) is 31.8 Å². The van der Waals surface area contributed by atoms with Gasteiger partial charge in [-0.3, -0.25) is 10.4 Å². The van der Waals surface area contributed by atoms with Gasteiger partial charge in [-0.1, -0.05) is 34.8 Å². The second-order valence-electron chi connectivity index (χ2n) is 5.32. The van der Waals surface area contributed by atoms with Gasteiger partial charge in [0.2, 0.25) is 5.84 Å². The molecule has 27 heavy (non-hydrogen) atoms. The predicted molar refractivity (Wildman–Crippen MR) is 88.3 cm³/mol. The van der Waals surface area contributed by atoms with Gasteiger partial charge in [0.25, 0.3) is 0 Å². The molecule has 2 aliphatic heterocycles. The minimum atomic E-state index is -5.20. The van der Waals surface area contributed by atoms with Crippen LogP contribution in [0.5, 0.6) is 0 Å². The third kappa shape index (κ3) is 3.56. The highest BCUT2D eigenvalue weighted by molar-refractivity contribution is 6.42. The number of fused-ring (bicyclic) bond motifs is 1. The van der Waals surface area contributed by atoms with E-state index < -0.39 is 41.5 Å². The number of nitrogens with zero attached hydrogens (tertiary/aromatic N) is 2. The molecule has 2 aliphatic rings. The van der Waals surface area contributed by atoms with Gasteiger partial charge in [0, 0.05) is 5.02 Å². The molecule has 1 fully saturated rings. The molecular formula is C13H6Cl3F6N5. The highest BCUT2D eigenvalue weighted by Gasteiger charge is 2.51. The van der Waals surface area contributed by atoms with Crippen molar-refractivity contribution in [1.82, 2.24) is 10.7 Å². The van der Waals surface area contributed by atoms with Gasteiger partial charge >= 0.3 is 12.4 Å². The van der Waals surface area contributed by atoms with E-state index >= 15 is 0 Å². The number of alkyl halides is 6. The molecule has 0 bridgehead atoms. The first kappa shape index (κ1) is 20.1. The van der Waals surface area contributed by atoms with Crippen LogP contribution in [0.15, 0.2) is 28.4 Å². The lowest BCUT2D eigenvalue weighted by Gasteiger charge is -2.25. The Morgan fingerprint density at radius 2 is 1.56 bits per heavy atom. The van der Waals surface area contributed by atoms with Crippen LogP contribution in [0.25, 0.3) is 0 Å². The Morgan fingerprint density at radius 3 is 2.04 bits per heavy atom. The smallest absolute Gasteiger partial charge is 0.332 e. The maximum absolute atomic E-state index is 13.3. The highest BCUT2D eigenvalue weighted by Crippen LogP contribution is 2.41. The number of amidine groups is 2. The fraction of sp³-hybridized carbons (Fsp3) is 0.231. The van der Waals surface area contributed by atoms with Crippen molar-refractivity contribution in [3.63, 3.8) is 0 Å². The van der Waals surface area contributed by atoms with Crippen LogP contribution in [0.4, 0.5) is 32.0 Å². The normalized spacial score (nSPS) is 20.6. The molecule has 5 nitrogen and oxygen atoms in total. The van der Waals surface area contributed by atoms with Gasteiger partial charge in [0.05, 0.1) is 21.3 Å². The summed E-state index contributed by atoms with van der Waals surface area (Å²) >= 11 is 17.7. The van der Waals surface area contributed by atoms with Crippen molar-refractivity contribution in [3.05, 3.63) is 38.5 Å². The van der Waals surface area contributed by atoms with Gasteiger partial charge in [-0.05, 0) is 12.1 Å². The molecule has 0 aliphatic carbocycles. The van der Waals surface area contributed by atoms with Crippen LogP contribution in [0.2, 0.25) is 15.1 Å². The number of rotatable bonds is 1. The van der Waals surface area contributed by atoms with Crippen molar-refractivity contribution in [1.29, 1.82) is 5.41 Å². The topological polar surface area (TPSA) is 63.5 Å². The summed E-state index contributed by atoms with van der Waals surface area (Å²) in [5, 5.41) is 9.81. The van der Waals surface area contributed by atoms with Crippen LogP contribution < -0.4 is 15.8 Å². The summed E-state index contributed by atoms with van der Waals surface area (Å²) in [6, 6.07) is 2.42. The fourth-order valence-electron chi connectivity index (χ4n) is 2.49. The lowest BCUT2D eigenvalue weighted by molar-refractivity contribution is -0.0987. The largest absolute Gasteiger partial charge is 0.449 e. The first-order valence-corrected chi connectivity index (χ1v) is 7.97. The maximum Gasteiger partial charge on any atom is 0.449 e. The summed E-state index contributed by atoms with van der Waals surface area (Å²) in [5.41, 5.74) is -0.466. The van der Waals surface area contributed by atoms with Crippen LogP contribution in [-0.4, -0.2) is 30.2 Å². The van der Waals surface area contributed by atoms with Crippen LogP contribution in [0.1, 0.15) is 0 Å². The third-order valence-corrected chi connectivity index (χ3v) is 4.33. The lowest BCUT2D eigenvalue weighted by atomic mass is 10.1. The molecule has 0 spiro atoms. The second-order valence-corrected chi connectivity index (χ2v) is 6.57. The molecule has 1 aromatic carbocycles. The number of aliphatic imine (C=N–C) groups is 1. The second kappa shape index (κ2) is 6.43. The summed E-state index contributed by atoms with van der Waals surface area (Å²) in [7, 11) is 0. The Balaban J connectivity index is 2.14. The zero-order chi connectivity index (χ0) is 20.3. The fourth-order valence-corrected chi connectivity index (χ4v) is 3.48. The summed E-state index contributed by atoms with van der Waals surface area (Å²) < 4.78 is 78.6. The standard InChI is InChI=1S/C13H6Cl3F6N5/c14-3-1-4(15)7(5(16)2-3)27-9(23)6-8(12(17,18)19)24-11(13(20,21)22)25-10(6)26-27/h1-2,10,23,26H,(H,24,25). The van der Waals surface area contributed by atoms with Crippen LogP contribution in [0, 0.1) is 5.41 Å². The molecule has 0 radical (unpaired) electrons. The number of anilines is 1. The van der Waals surface area contributed by atoms with E-state index in [1.165, 1.54) is 17.4 Å². The van der Waals surface area contributed by atoms with E-state index in [-0.39, 0.29) is 20.8 Å². The van der Waals surface area contributed by atoms with Crippen molar-refractivity contribution in [2.75, 3.05) is 5.01 Å². The van der Waals surface area contributed by atoms with Crippen LogP contribution in [0.3, 0.4) is 0 Å². The van der Waals surface area contributed by atoms with Crippen molar-refractivity contribution in [2.45, 2.75) is 18.5 Å². The average molecular weight is 453 g/mol. The van der Waals surface area contributed by atoms with Crippen molar-refractivity contribution < 1.29 is 26.3 Å². The number of hydrogen-bond donors (Lipinski definition) is 3. The predicted octanol–water partition coefficient (Wildman–Crippen LogP) is 4.66. The summed E-state index contributed by atoms with van der Waals surface area (Å²) in [6.07, 6.45) is -12.2. The molecular weight excluding hydrogens is 447 g/mol. The first-order chi connectivity index (χ1) is 12.3. The van der Waals surface area contributed by atoms with E-state index in [2.05, 4.69) is 10.4 Å². The average Bonchev–Trinajstić information content (AvgIpc) is 2.80. The SMILES string of the molecule is N=C1C2=C(C(F)(F)F)NC(C(F)(F)F)=NC2NN1c1c(Cl)cc(Cl)cc1Cl. The van der Waals surface area contributed by atoms with Gasteiger partial charge in [-0.25, -0.2) is 4.99 Å². The van der Waals surface area contributed by atoms with E-state index in [0.29, 0.717) is 0 Å². The van der Waals surface area contributed by atoms with E-state index in [0.717, 1.165) is 5.01 Å². The molecule has 3 rings (SSSR count). The molecule has 14 heteroatoms. The minimum absolute atomic E-state index is 0.117. The number of halogens is 9. The van der Waals surface area contributed by atoms with Crippen molar-refractivity contribution in [2.24, 2.45) is 4.99 Å². The van der Waals surface area contributed by atoms with E-state index in [1.54, 1.807) is 0 Å². The molecule has 0 aromatic heterocycles. The molecule has 146 valence electrons. The van der Waals surface area contributed by atoms with Crippen molar-refractivity contribution in [3.8, 4) is 0 Å². The minimum Gasteiger partial charge on any atom is -0.332 e. The molecule has 2 heterocycles. The number of hydrogen-bond acceptors (Lipinski definition) is 4. The monoisotopic (exact) mass is 451 g/mol. The summed E-state index contributed by atoms with van der Waals surface area (Å²) in [5.74, 6) is -2.67. The molecule has 0 amide bonds. The Labute approximate surface area is 162 Å². The number of allylic oxidation sites excluding steroid dienone is 1. The number of benzene rings is 1. The number of hydrazine groups is 1. The molecule has 0 saturated carbocycles. The molecule has 1 saturated heterocycles. The summed E-state index contributed by atoms with van der Waals surface area (Å²) in [6.45, 7) is 0. The Morgan fingerprint density at radius 1 is 1.00 bits per heavy atom. The highest BCUT2D eigenvalue weighted by atomic mass is 35.5. The number of nitrogens with one attached hydrogen (secondary N) is 3. The molecule has 1 unspecified atom stereocenters. The first-order valence-electron chi connectivity index (χ1n) is 6.84. The van der Waals surface area contributed by atoms with Gasteiger partial charge in [0.1, 0.15) is 17.7 Å². The quantitative estimate of drug-likeness (QED) is 0.544. The van der Waals surface area contributed by atoms with Crippen LogP contribution in [-0.2, 0) is 0 Å².